The molecule has 0 atom stereocenters. The molecule has 132 valence electrons. The van der Waals surface area contributed by atoms with Crippen LogP contribution in [0.5, 0.6) is 0 Å². The number of hydrogen-bond donors (Lipinski definition) is 1. The monoisotopic (exact) mass is 372 g/mol. The maximum atomic E-state index is 12.7. The summed E-state index contributed by atoms with van der Waals surface area (Å²) in [5.74, 6) is 0.0674. The van der Waals surface area contributed by atoms with Crippen molar-refractivity contribution in [3.8, 4) is 0 Å². The molecule has 0 aliphatic carbocycles. The van der Waals surface area contributed by atoms with Gasteiger partial charge < -0.3 is 9.80 Å². The van der Waals surface area contributed by atoms with Crippen LogP contribution in [0.1, 0.15) is 23.2 Å². The summed E-state index contributed by atoms with van der Waals surface area (Å²) in [5, 5.41) is 0.361. The minimum atomic E-state index is -3.35. The third kappa shape index (κ3) is 3.53. The van der Waals surface area contributed by atoms with Crippen LogP contribution in [-0.2, 0) is 10.0 Å². The van der Waals surface area contributed by atoms with Gasteiger partial charge in [0.15, 0.2) is 0 Å². The molecule has 1 N–H and O–H groups in total. The number of anilines is 1. The van der Waals surface area contributed by atoms with E-state index in [0.717, 1.165) is 19.5 Å². The first-order valence-electron chi connectivity index (χ1n) is 8.29. The molecule has 2 aliphatic rings. The number of hydrogen-bond acceptors (Lipinski definition) is 3. The third-order valence-corrected chi connectivity index (χ3v) is 6.89. The van der Waals surface area contributed by atoms with Crippen molar-refractivity contribution in [3.63, 3.8) is 0 Å². The summed E-state index contributed by atoms with van der Waals surface area (Å²) in [6.07, 6.45) is 1.47. The third-order valence-electron chi connectivity index (χ3n) is 4.72. The van der Waals surface area contributed by atoms with Gasteiger partial charge in [-0.2, -0.15) is 0 Å². The Morgan fingerprint density at radius 1 is 1.17 bits per heavy atom. The van der Waals surface area contributed by atoms with E-state index in [9.17, 15) is 13.2 Å². The molecule has 0 aromatic heterocycles. The van der Waals surface area contributed by atoms with Gasteiger partial charge in [-0.25, -0.2) is 8.42 Å². The van der Waals surface area contributed by atoms with Gasteiger partial charge in [-0.15, -0.1) is 0 Å². The number of halogens is 1. The zero-order valence-electron chi connectivity index (χ0n) is 13.8. The molecule has 6 nitrogen and oxygen atoms in total. The molecule has 1 amide bonds. The van der Waals surface area contributed by atoms with E-state index >= 15 is 0 Å². The highest BCUT2D eigenvalue weighted by Gasteiger charge is 2.29. The van der Waals surface area contributed by atoms with Crippen LogP contribution in [0.15, 0.2) is 18.2 Å². The fraction of sp³-hybridized carbons (Fsp3) is 0.562. The van der Waals surface area contributed by atoms with Crippen LogP contribution in [0.3, 0.4) is 0 Å². The smallest absolute Gasteiger partial charge is 0.254 e. The number of piperazine rings is 1. The van der Waals surface area contributed by atoms with Crippen molar-refractivity contribution in [3.05, 3.63) is 28.8 Å². The molecule has 2 saturated heterocycles. The van der Waals surface area contributed by atoms with Gasteiger partial charge in [-0.3, -0.25) is 9.10 Å². The second-order valence-electron chi connectivity index (χ2n) is 6.51. The molecule has 0 bridgehead atoms. The summed E-state index contributed by atoms with van der Waals surface area (Å²) in [4.78, 5) is 16.0. The van der Waals surface area contributed by atoms with E-state index in [4.69, 9.17) is 11.6 Å². The SMILES string of the molecule is C[NH+]1CCN(C(=O)c2ccc(Cl)c(N3CCCCS3(=O)=O)c2)CC1. The fourth-order valence-corrected chi connectivity index (χ4v) is 5.09. The molecule has 1 aromatic rings. The van der Waals surface area contributed by atoms with E-state index in [2.05, 4.69) is 7.05 Å². The van der Waals surface area contributed by atoms with Gasteiger partial charge in [0.25, 0.3) is 5.91 Å². The van der Waals surface area contributed by atoms with Crippen LogP contribution in [-0.4, -0.2) is 64.7 Å². The summed E-state index contributed by atoms with van der Waals surface area (Å²) < 4.78 is 26.0. The number of nitrogens with zero attached hydrogens (tertiary/aromatic N) is 2. The predicted molar refractivity (Wildman–Crippen MR) is 94.3 cm³/mol. The van der Waals surface area contributed by atoms with E-state index < -0.39 is 10.0 Å². The summed E-state index contributed by atoms with van der Waals surface area (Å²) in [7, 11) is -1.24. The van der Waals surface area contributed by atoms with Crippen molar-refractivity contribution in [2.45, 2.75) is 12.8 Å². The van der Waals surface area contributed by atoms with Gasteiger partial charge >= 0.3 is 0 Å². The number of likely N-dealkylation sites (N-methyl/N-ethyl adjacent to an activating group) is 1. The highest BCUT2D eigenvalue weighted by molar-refractivity contribution is 7.92. The van der Waals surface area contributed by atoms with Crippen LogP contribution < -0.4 is 9.21 Å². The maximum Gasteiger partial charge on any atom is 0.254 e. The van der Waals surface area contributed by atoms with Crippen LogP contribution in [0.4, 0.5) is 5.69 Å². The maximum absolute atomic E-state index is 12.7. The first-order chi connectivity index (χ1) is 11.4. The molecule has 0 spiro atoms. The predicted octanol–water partition coefficient (Wildman–Crippen LogP) is 0.241. The summed E-state index contributed by atoms with van der Waals surface area (Å²) in [5.41, 5.74) is 0.914. The van der Waals surface area contributed by atoms with Crippen molar-refractivity contribution < 1.29 is 18.1 Å². The average Bonchev–Trinajstić information content (AvgIpc) is 2.55. The van der Waals surface area contributed by atoms with Crippen molar-refractivity contribution >= 4 is 33.2 Å². The molecule has 24 heavy (non-hydrogen) atoms. The average molecular weight is 373 g/mol. The number of amides is 1. The Hall–Kier alpha value is -1.31. The minimum Gasteiger partial charge on any atom is -0.334 e. The van der Waals surface area contributed by atoms with E-state index in [-0.39, 0.29) is 11.7 Å². The molecule has 2 heterocycles. The number of rotatable bonds is 2. The van der Waals surface area contributed by atoms with Gasteiger partial charge in [0.1, 0.15) is 0 Å². The van der Waals surface area contributed by atoms with E-state index in [1.807, 2.05) is 4.90 Å². The van der Waals surface area contributed by atoms with Crippen molar-refractivity contribution in [2.24, 2.45) is 0 Å². The molecule has 8 heteroatoms. The lowest BCUT2D eigenvalue weighted by atomic mass is 10.1. The lowest BCUT2D eigenvalue weighted by Gasteiger charge is -2.31. The number of benzene rings is 1. The second kappa shape index (κ2) is 6.90. The van der Waals surface area contributed by atoms with Crippen LogP contribution in [0.2, 0.25) is 5.02 Å². The van der Waals surface area contributed by atoms with E-state index in [0.29, 0.717) is 42.3 Å². The Kier molecular flexibility index (Phi) is 5.03. The van der Waals surface area contributed by atoms with Gasteiger partial charge in [0, 0.05) is 12.1 Å². The van der Waals surface area contributed by atoms with Gasteiger partial charge in [-0.05, 0) is 31.0 Å². The molecule has 0 saturated carbocycles. The topological polar surface area (TPSA) is 62.1 Å². The summed E-state index contributed by atoms with van der Waals surface area (Å²) in [6, 6.07) is 4.92. The lowest BCUT2D eigenvalue weighted by Crippen LogP contribution is -3.12. The molecular formula is C16H23ClN3O3S+. The van der Waals surface area contributed by atoms with Gasteiger partial charge in [0.2, 0.25) is 10.0 Å². The lowest BCUT2D eigenvalue weighted by molar-refractivity contribution is -0.883. The van der Waals surface area contributed by atoms with Crippen LogP contribution >= 0.6 is 11.6 Å². The number of quaternary nitrogens is 1. The Bertz CT molecular complexity index is 730. The second-order valence-corrected chi connectivity index (χ2v) is 8.93. The first kappa shape index (κ1) is 17.5. The number of carbonyl (C=O) groups excluding carboxylic acids is 1. The van der Waals surface area contributed by atoms with Crippen molar-refractivity contribution in [1.29, 1.82) is 0 Å². The number of nitrogens with one attached hydrogen (secondary N) is 1. The Morgan fingerprint density at radius 3 is 2.54 bits per heavy atom. The van der Waals surface area contributed by atoms with Crippen molar-refractivity contribution in [2.75, 3.05) is 49.8 Å². The van der Waals surface area contributed by atoms with E-state index in [1.165, 1.54) is 9.21 Å². The quantitative estimate of drug-likeness (QED) is 0.809. The molecule has 0 unspecified atom stereocenters. The fourth-order valence-electron chi connectivity index (χ4n) is 3.17. The molecule has 3 rings (SSSR count). The summed E-state index contributed by atoms with van der Waals surface area (Å²) >= 11 is 6.23. The van der Waals surface area contributed by atoms with Gasteiger partial charge in [0.05, 0.1) is 49.7 Å². The standard InChI is InChI=1S/C16H22ClN3O3S/c1-18-7-9-19(10-8-18)16(21)13-4-5-14(17)15(12-13)20-6-2-3-11-24(20,22)23/h4-5,12H,2-3,6-11H2,1H3/p+1. The molecule has 0 radical (unpaired) electrons. The largest absolute Gasteiger partial charge is 0.334 e. The number of sulfonamides is 1. The highest BCUT2D eigenvalue weighted by atomic mass is 35.5. The Morgan fingerprint density at radius 2 is 1.88 bits per heavy atom. The Labute approximate surface area is 148 Å². The minimum absolute atomic E-state index is 0.0603. The van der Waals surface area contributed by atoms with Gasteiger partial charge in [-0.1, -0.05) is 11.6 Å². The van der Waals surface area contributed by atoms with E-state index in [1.54, 1.807) is 18.2 Å². The molecule has 2 aliphatic heterocycles. The molecule has 2 fully saturated rings. The normalized spacial score (nSPS) is 21.8. The zero-order chi connectivity index (χ0) is 17.3. The Balaban J connectivity index is 1.87. The first-order valence-corrected chi connectivity index (χ1v) is 10.3. The summed E-state index contributed by atoms with van der Waals surface area (Å²) in [6.45, 7) is 3.69. The molecule has 1 aromatic carbocycles. The highest BCUT2D eigenvalue weighted by Crippen LogP contribution is 2.32. The molecular weight excluding hydrogens is 350 g/mol. The van der Waals surface area contributed by atoms with Crippen molar-refractivity contribution in [1.82, 2.24) is 4.90 Å². The number of carbonyl (C=O) groups is 1. The zero-order valence-corrected chi connectivity index (χ0v) is 15.4. The van der Waals surface area contributed by atoms with Crippen LogP contribution in [0.25, 0.3) is 0 Å². The van der Waals surface area contributed by atoms with Crippen LogP contribution in [0, 0.1) is 0 Å².